The zero-order valence-electron chi connectivity index (χ0n) is 30.9. The molecule has 1 aliphatic heterocycles. The van der Waals surface area contributed by atoms with E-state index in [0.717, 1.165) is 11.1 Å². The van der Waals surface area contributed by atoms with Crippen molar-refractivity contribution < 1.29 is 39.3 Å². The molecule has 2 heterocycles. The average molecular weight is 990 g/mol. The number of cyclic esters (lactones) is 1. The van der Waals surface area contributed by atoms with Crippen LogP contribution in [0.15, 0.2) is 99.1 Å². The van der Waals surface area contributed by atoms with E-state index < -0.39 is 41.6 Å². The second kappa shape index (κ2) is 24.5. The molecule has 2 radical (unpaired) electrons. The first-order valence-corrected chi connectivity index (χ1v) is 24.5. The summed E-state index contributed by atoms with van der Waals surface area (Å²) in [6.07, 6.45) is 0.296. The quantitative estimate of drug-likeness (QED) is 0.0449. The van der Waals surface area contributed by atoms with E-state index in [1.807, 2.05) is 39.8 Å². The molecule has 58 heavy (non-hydrogen) atoms. The number of nitrogens with zero attached hydrogens (tertiary/aromatic N) is 4. The third kappa shape index (κ3) is 15.1. The van der Waals surface area contributed by atoms with Crippen molar-refractivity contribution in [2.24, 2.45) is 4.99 Å². The summed E-state index contributed by atoms with van der Waals surface area (Å²) in [6.45, 7) is 7.93. The Morgan fingerprint density at radius 1 is 0.845 bits per heavy atom. The van der Waals surface area contributed by atoms with E-state index in [-0.39, 0.29) is 48.1 Å². The summed E-state index contributed by atoms with van der Waals surface area (Å²) in [5.74, 6) is 0.516. The Balaban J connectivity index is 0.000000519. The molecule has 1 aromatic heterocycles. The molecule has 0 amide bonds. The van der Waals surface area contributed by atoms with Crippen LogP contribution in [0, 0.1) is 10.1 Å². The van der Waals surface area contributed by atoms with Crippen molar-refractivity contribution in [2.75, 3.05) is 5.73 Å². The minimum atomic E-state index is -0.826. The van der Waals surface area contributed by atoms with E-state index in [1.165, 1.54) is 16.8 Å². The fourth-order valence-electron chi connectivity index (χ4n) is 4.91. The first kappa shape index (κ1) is 51.7. The SMILES string of the molecule is C.CC(C)Oc1ccc(-c2nn(Cc3ccc(N)cc3)c(=O)o2)cc1Cl.CC(C)Oc1ccc(C2=NC(Cc3ccc([N+](=O)[O-])cc3)C(=O)O2)cc1Cl.O.O.[Cl][Sn][Cl]. The number of nitro benzene ring substituents is 1. The summed E-state index contributed by atoms with van der Waals surface area (Å²) in [6, 6.07) is 22.7. The van der Waals surface area contributed by atoms with Gasteiger partial charge in [0.25, 0.3) is 5.69 Å². The van der Waals surface area contributed by atoms with Gasteiger partial charge in [0, 0.05) is 35.4 Å². The number of aromatic nitrogens is 2. The summed E-state index contributed by atoms with van der Waals surface area (Å²) < 4.78 is 23.0. The van der Waals surface area contributed by atoms with E-state index in [1.54, 1.807) is 60.7 Å². The topological polar surface area (TPSA) is 237 Å². The molecule has 0 saturated heterocycles. The summed E-state index contributed by atoms with van der Waals surface area (Å²) in [7, 11) is 9.87. The monoisotopic (exact) mass is 989 g/mol. The van der Waals surface area contributed by atoms with E-state index in [2.05, 4.69) is 10.1 Å². The van der Waals surface area contributed by atoms with Gasteiger partial charge in [0.05, 0.1) is 33.7 Å². The van der Waals surface area contributed by atoms with Gasteiger partial charge in [-0.15, -0.1) is 5.10 Å². The van der Waals surface area contributed by atoms with Gasteiger partial charge in [-0.05, 0) is 87.4 Å². The Labute approximate surface area is 362 Å². The second-order valence-electron chi connectivity index (χ2n) is 12.3. The number of aliphatic imine (C=N–C) groups is 1. The Morgan fingerprint density at radius 3 is 1.84 bits per heavy atom. The Morgan fingerprint density at radius 2 is 1.34 bits per heavy atom. The zero-order chi connectivity index (χ0) is 40.2. The number of carbonyl (C=O) groups excluding carboxylic acids is 1. The third-order valence-corrected chi connectivity index (χ3v) is 7.91. The summed E-state index contributed by atoms with van der Waals surface area (Å²) >= 11 is 11.6. The number of ether oxygens (including phenoxy) is 3. The van der Waals surface area contributed by atoms with Gasteiger partial charge in [-0.25, -0.2) is 14.6 Å². The van der Waals surface area contributed by atoms with E-state index in [9.17, 15) is 19.7 Å². The van der Waals surface area contributed by atoms with Crippen LogP contribution in [0.4, 0.5) is 11.4 Å². The Hall–Kier alpha value is -4.36. The van der Waals surface area contributed by atoms with Gasteiger partial charge >= 0.3 is 48.5 Å². The van der Waals surface area contributed by atoms with Crippen LogP contribution in [0.5, 0.6) is 11.5 Å². The molecule has 4 aromatic carbocycles. The molecule has 1 atom stereocenters. The van der Waals surface area contributed by atoms with Crippen LogP contribution in [0.2, 0.25) is 10.0 Å². The molecule has 20 heteroatoms. The summed E-state index contributed by atoms with van der Waals surface area (Å²) in [5.41, 5.74) is 9.16. The van der Waals surface area contributed by atoms with Crippen molar-refractivity contribution in [3.05, 3.63) is 132 Å². The van der Waals surface area contributed by atoms with Gasteiger partial charge in [-0.1, -0.05) is 54.9 Å². The number of carbonyl (C=O) groups is 1. The van der Waals surface area contributed by atoms with Crippen molar-refractivity contribution in [1.82, 2.24) is 9.78 Å². The number of hydrogen-bond acceptors (Lipinski definition) is 11. The van der Waals surface area contributed by atoms with Gasteiger partial charge in [0.15, 0.2) is 6.04 Å². The van der Waals surface area contributed by atoms with Crippen molar-refractivity contribution in [1.29, 1.82) is 0 Å². The van der Waals surface area contributed by atoms with Crippen LogP contribution >= 0.6 is 41.0 Å². The van der Waals surface area contributed by atoms with Crippen LogP contribution in [0.1, 0.15) is 51.8 Å². The number of rotatable bonds is 11. The maximum atomic E-state index is 12.1. The predicted octanol–water partition coefficient (Wildman–Crippen LogP) is 7.51. The Bertz CT molecular complexity index is 2180. The number of nitrogens with two attached hydrogens (primary N) is 1. The number of halogens is 4. The molecule has 15 nitrogen and oxygen atoms in total. The van der Waals surface area contributed by atoms with Crippen LogP contribution in [-0.4, -0.2) is 74.7 Å². The second-order valence-corrected chi connectivity index (χ2v) is 17.3. The fraction of sp³-hybridized carbons (Fsp3) is 0.263. The number of hydrogen-bond donors (Lipinski definition) is 1. The number of benzene rings is 4. The van der Waals surface area contributed by atoms with Crippen LogP contribution in [0.25, 0.3) is 11.5 Å². The fourth-order valence-corrected chi connectivity index (χ4v) is 5.36. The molecule has 0 saturated carbocycles. The Kier molecular flexibility index (Phi) is 21.9. The van der Waals surface area contributed by atoms with E-state index in [0.29, 0.717) is 51.3 Å². The minimum absolute atomic E-state index is 0. The molecular weight excluding hydrogens is 947 g/mol. The molecule has 6 rings (SSSR count). The van der Waals surface area contributed by atoms with Crippen LogP contribution in [-0.2, 0) is 22.5 Å². The van der Waals surface area contributed by atoms with Gasteiger partial charge in [0.1, 0.15) is 11.5 Å². The molecule has 0 fully saturated rings. The summed E-state index contributed by atoms with van der Waals surface area (Å²) in [4.78, 5) is 38.7. The number of nitro groups is 1. The van der Waals surface area contributed by atoms with Crippen LogP contribution < -0.4 is 21.0 Å². The van der Waals surface area contributed by atoms with Gasteiger partial charge in [-0.3, -0.25) is 10.1 Å². The van der Waals surface area contributed by atoms with Gasteiger partial charge < -0.3 is 35.3 Å². The van der Waals surface area contributed by atoms with E-state index in [4.69, 9.17) is 65.4 Å². The van der Waals surface area contributed by atoms with Gasteiger partial charge in [-0.2, -0.15) is 4.68 Å². The molecular formula is C38H43Cl4N5O10Sn. The molecule has 6 N–H and O–H groups in total. The van der Waals surface area contributed by atoms with Gasteiger partial charge in [0.2, 0.25) is 11.8 Å². The van der Waals surface area contributed by atoms with Crippen molar-refractivity contribution >= 4 is 83.2 Å². The number of non-ortho nitro benzene ring substituents is 1. The summed E-state index contributed by atoms with van der Waals surface area (Å²) in [5, 5.41) is 15.8. The number of anilines is 1. The van der Waals surface area contributed by atoms with E-state index >= 15 is 0 Å². The number of esters is 1. The van der Waals surface area contributed by atoms with Crippen molar-refractivity contribution in [2.45, 2.75) is 66.3 Å². The molecule has 0 spiro atoms. The normalized spacial score (nSPS) is 12.6. The number of nitrogen functional groups attached to an aromatic ring is 1. The van der Waals surface area contributed by atoms with Crippen molar-refractivity contribution in [3.63, 3.8) is 0 Å². The molecule has 1 aliphatic rings. The molecule has 5 aromatic rings. The molecule has 1 unspecified atom stereocenters. The molecule has 0 bridgehead atoms. The third-order valence-electron chi connectivity index (χ3n) is 7.32. The first-order chi connectivity index (χ1) is 26.2. The molecule has 0 aliphatic carbocycles. The zero-order valence-corrected chi connectivity index (χ0v) is 36.8. The predicted molar refractivity (Wildman–Crippen MR) is 229 cm³/mol. The maximum absolute atomic E-state index is 12.1. The molecule has 312 valence electrons. The first-order valence-electron chi connectivity index (χ1n) is 16.5. The van der Waals surface area contributed by atoms with Crippen molar-refractivity contribution in [3.8, 4) is 23.0 Å². The van der Waals surface area contributed by atoms with Crippen LogP contribution in [0.3, 0.4) is 0 Å². The standard InChI is InChI=1S/C19H17ClN2O5.C18H18ClN3O3.CH4.2ClH.2H2O.Sn/c1-11(2)26-17-8-5-13(10-15(17)20)18-21-16(19(23)27-18)9-12-3-6-14(7-4-12)22(24)25;1-11(2)24-16-8-5-13(9-15(16)19)17-21-22(18(23)25-17)10-12-3-6-14(20)7-4-12;;;;;;/h3-8,10-11,16H,9H2,1-2H3;3-9,11H,10,20H2,1-2H3;1H4;2*1H;2*1H2;/q;;;;;;;+2/p-2. The average Bonchev–Trinajstić information content (AvgIpc) is 3.69.